The lowest BCUT2D eigenvalue weighted by Gasteiger charge is -2.37. The molecule has 0 amide bonds. The average molecular weight is 418 g/mol. The molecule has 4 nitrogen and oxygen atoms in total. The van der Waals surface area contributed by atoms with E-state index in [9.17, 15) is 18.0 Å². The van der Waals surface area contributed by atoms with E-state index < -0.39 is 38.2 Å². The minimum absolute atomic E-state index is 0.0362. The van der Waals surface area contributed by atoms with Gasteiger partial charge in [0.05, 0.1) is 19.3 Å². The number of hydrogen-bond donors (Lipinski definition) is 1. The summed E-state index contributed by atoms with van der Waals surface area (Å²) in [6.07, 6.45) is -4.44. The van der Waals surface area contributed by atoms with E-state index in [1.165, 1.54) is 7.11 Å². The minimum Gasteiger partial charge on any atom is -0.464 e. The zero-order valence-corrected chi connectivity index (χ0v) is 17.9. The smallest absolute Gasteiger partial charge is 0.417 e. The standard InChI is InChI=1S/C20H30F3NO3Si/c1-6-12-19(20(21,22)23,18(25)27-13-14-28(3,4)5)24-17(15-26-2)16-10-8-7-9-11-16/h6-11,17,24H,1,12-15H2,2-5H3/t17-,19+/m0/s1. The highest BCUT2D eigenvalue weighted by Gasteiger charge is 2.61. The second kappa shape index (κ2) is 10.2. The predicted octanol–water partition coefficient (Wildman–Crippen LogP) is 4.72. The van der Waals surface area contributed by atoms with Crippen molar-refractivity contribution in [1.82, 2.24) is 5.32 Å². The largest absolute Gasteiger partial charge is 0.464 e. The van der Waals surface area contributed by atoms with Crippen LogP contribution < -0.4 is 5.32 Å². The second-order valence-corrected chi connectivity index (χ2v) is 13.5. The first-order chi connectivity index (χ1) is 13.0. The molecule has 1 aromatic rings. The van der Waals surface area contributed by atoms with Crippen molar-refractivity contribution in [3.63, 3.8) is 0 Å². The quantitative estimate of drug-likeness (QED) is 0.321. The van der Waals surface area contributed by atoms with Crippen molar-refractivity contribution < 1.29 is 27.4 Å². The highest BCUT2D eigenvalue weighted by molar-refractivity contribution is 6.76. The normalized spacial score (nSPS) is 15.5. The van der Waals surface area contributed by atoms with Gasteiger partial charge in [-0.1, -0.05) is 56.0 Å². The first kappa shape index (κ1) is 24.4. The Balaban J connectivity index is 3.21. The lowest BCUT2D eigenvalue weighted by molar-refractivity contribution is -0.215. The summed E-state index contributed by atoms with van der Waals surface area (Å²) in [5.74, 6) is -1.34. The Morgan fingerprint density at radius 2 is 1.86 bits per heavy atom. The maximum absolute atomic E-state index is 14.1. The van der Waals surface area contributed by atoms with E-state index in [1.807, 2.05) is 0 Å². The number of carbonyl (C=O) groups is 1. The van der Waals surface area contributed by atoms with E-state index in [4.69, 9.17) is 9.47 Å². The summed E-state index contributed by atoms with van der Waals surface area (Å²) in [5, 5.41) is 2.49. The van der Waals surface area contributed by atoms with Crippen molar-refractivity contribution in [1.29, 1.82) is 0 Å². The Labute approximate surface area is 166 Å². The van der Waals surface area contributed by atoms with Crippen LogP contribution in [-0.2, 0) is 14.3 Å². The van der Waals surface area contributed by atoms with Crippen LogP contribution in [0.15, 0.2) is 43.0 Å². The van der Waals surface area contributed by atoms with Gasteiger partial charge >= 0.3 is 12.1 Å². The highest BCUT2D eigenvalue weighted by Crippen LogP contribution is 2.37. The van der Waals surface area contributed by atoms with Crippen LogP contribution in [0.25, 0.3) is 0 Å². The van der Waals surface area contributed by atoms with Gasteiger partial charge in [0.25, 0.3) is 0 Å². The number of rotatable bonds is 11. The van der Waals surface area contributed by atoms with Crippen LogP contribution in [-0.4, -0.2) is 46.1 Å². The van der Waals surface area contributed by atoms with Crippen molar-refractivity contribution in [3.05, 3.63) is 48.6 Å². The molecule has 2 atom stereocenters. The maximum Gasteiger partial charge on any atom is 0.417 e. The molecule has 0 fully saturated rings. The van der Waals surface area contributed by atoms with E-state index in [1.54, 1.807) is 30.3 Å². The van der Waals surface area contributed by atoms with Crippen LogP contribution in [0.4, 0.5) is 13.2 Å². The molecule has 0 spiro atoms. The first-order valence-electron chi connectivity index (χ1n) is 9.13. The van der Waals surface area contributed by atoms with Gasteiger partial charge in [-0.2, -0.15) is 13.2 Å². The molecule has 1 N–H and O–H groups in total. The van der Waals surface area contributed by atoms with Gasteiger partial charge < -0.3 is 9.47 Å². The van der Waals surface area contributed by atoms with E-state index in [2.05, 4.69) is 31.5 Å². The molecule has 28 heavy (non-hydrogen) atoms. The fraction of sp³-hybridized carbons (Fsp3) is 0.550. The molecule has 0 heterocycles. The minimum atomic E-state index is -4.88. The lowest BCUT2D eigenvalue weighted by Crippen LogP contribution is -2.64. The summed E-state index contributed by atoms with van der Waals surface area (Å²) in [7, 11) is -0.168. The van der Waals surface area contributed by atoms with E-state index in [0.29, 0.717) is 11.6 Å². The number of methoxy groups -OCH3 is 1. The monoisotopic (exact) mass is 417 g/mol. The molecule has 0 bridgehead atoms. The van der Waals surface area contributed by atoms with Crippen molar-refractivity contribution in [2.75, 3.05) is 20.3 Å². The number of esters is 1. The van der Waals surface area contributed by atoms with Crippen LogP contribution in [0.5, 0.6) is 0 Å². The van der Waals surface area contributed by atoms with Crippen LogP contribution >= 0.6 is 0 Å². The fourth-order valence-electron chi connectivity index (χ4n) is 2.67. The van der Waals surface area contributed by atoms with E-state index >= 15 is 0 Å². The Hall–Kier alpha value is -1.64. The third-order valence-electron chi connectivity index (χ3n) is 4.32. The van der Waals surface area contributed by atoms with Gasteiger partial charge in [0, 0.05) is 21.6 Å². The Bertz CT molecular complexity index is 632. The fourth-order valence-corrected chi connectivity index (χ4v) is 3.39. The summed E-state index contributed by atoms with van der Waals surface area (Å²) in [6.45, 7) is 9.52. The second-order valence-electron chi connectivity index (χ2n) is 7.91. The molecule has 0 saturated heterocycles. The number of ether oxygens (including phenoxy) is 2. The molecule has 1 rings (SSSR count). The van der Waals surface area contributed by atoms with Crippen LogP contribution in [0.1, 0.15) is 18.0 Å². The third kappa shape index (κ3) is 6.75. The summed E-state index contributed by atoms with van der Waals surface area (Å²) in [6, 6.07) is 8.30. The van der Waals surface area contributed by atoms with Gasteiger partial charge in [-0.25, -0.2) is 4.79 Å². The van der Waals surface area contributed by atoms with Crippen molar-refractivity contribution in [2.24, 2.45) is 0 Å². The van der Waals surface area contributed by atoms with Crippen molar-refractivity contribution >= 4 is 14.0 Å². The zero-order valence-electron chi connectivity index (χ0n) is 16.9. The zero-order chi connectivity index (χ0) is 21.4. The first-order valence-corrected chi connectivity index (χ1v) is 12.8. The van der Waals surface area contributed by atoms with Crippen LogP contribution in [0.3, 0.4) is 0 Å². The van der Waals surface area contributed by atoms with Gasteiger partial charge in [0.15, 0.2) is 0 Å². The SMILES string of the molecule is C=CC[C@@](N[C@@H](COC)c1ccccc1)(C(=O)OCC[Si](C)(C)C)C(F)(F)F. The number of benzene rings is 1. The van der Waals surface area contributed by atoms with Gasteiger partial charge in [0.2, 0.25) is 5.54 Å². The predicted molar refractivity (Wildman–Crippen MR) is 107 cm³/mol. The Morgan fingerprint density at radius 3 is 2.32 bits per heavy atom. The molecule has 0 aliphatic heterocycles. The molecular formula is C20H30F3NO3Si. The molecule has 8 heteroatoms. The van der Waals surface area contributed by atoms with Crippen LogP contribution in [0.2, 0.25) is 25.7 Å². The summed E-state index contributed by atoms with van der Waals surface area (Å²) in [4.78, 5) is 12.7. The van der Waals surface area contributed by atoms with Crippen molar-refractivity contribution in [2.45, 2.75) is 49.9 Å². The Kier molecular flexibility index (Phi) is 8.91. The van der Waals surface area contributed by atoms with Crippen LogP contribution in [0, 0.1) is 0 Å². The number of alkyl halides is 3. The molecule has 0 aromatic heterocycles. The maximum atomic E-state index is 14.1. The number of carbonyl (C=O) groups excluding carboxylic acids is 1. The summed E-state index contributed by atoms with van der Waals surface area (Å²) in [5.41, 5.74) is -2.32. The number of nitrogens with one attached hydrogen (secondary N) is 1. The number of hydrogen-bond acceptors (Lipinski definition) is 4. The summed E-state index contributed by atoms with van der Waals surface area (Å²) < 4.78 is 52.6. The van der Waals surface area contributed by atoms with Crippen molar-refractivity contribution in [3.8, 4) is 0 Å². The van der Waals surface area contributed by atoms with Gasteiger partial charge in [-0.15, -0.1) is 6.58 Å². The molecule has 0 saturated carbocycles. The molecule has 0 radical (unpaired) electrons. The topological polar surface area (TPSA) is 47.6 Å². The third-order valence-corrected chi connectivity index (χ3v) is 6.03. The van der Waals surface area contributed by atoms with Gasteiger partial charge in [-0.05, 0) is 11.6 Å². The van der Waals surface area contributed by atoms with Gasteiger partial charge in [0.1, 0.15) is 0 Å². The molecule has 0 aliphatic carbocycles. The van der Waals surface area contributed by atoms with Gasteiger partial charge in [-0.3, -0.25) is 5.32 Å². The summed E-state index contributed by atoms with van der Waals surface area (Å²) >= 11 is 0. The average Bonchev–Trinajstić information content (AvgIpc) is 2.59. The molecule has 0 unspecified atom stereocenters. The molecule has 1 aromatic carbocycles. The number of halogens is 3. The molecule has 158 valence electrons. The molecule has 0 aliphatic rings. The Morgan fingerprint density at radius 1 is 1.25 bits per heavy atom. The van der Waals surface area contributed by atoms with E-state index in [0.717, 1.165) is 6.08 Å². The molecular weight excluding hydrogens is 387 g/mol. The highest BCUT2D eigenvalue weighted by atomic mass is 28.3. The van der Waals surface area contributed by atoms with E-state index in [-0.39, 0.29) is 13.2 Å². The lowest BCUT2D eigenvalue weighted by atomic mass is 9.91.